The molecule has 1 N–H and O–H groups in total. The molecule has 108 valence electrons. The summed E-state index contributed by atoms with van der Waals surface area (Å²) in [5, 5.41) is 3.27. The summed E-state index contributed by atoms with van der Waals surface area (Å²) in [5.41, 5.74) is 2.26. The molecule has 0 saturated carbocycles. The Hall–Kier alpha value is -1.53. The molecule has 1 fully saturated rings. The number of ether oxygens (including phenoxy) is 2. The fourth-order valence-corrected chi connectivity index (χ4v) is 2.78. The molecular weight excluding hydrogens is 258 g/mol. The van der Waals surface area contributed by atoms with Crippen LogP contribution in [0.4, 0.5) is 0 Å². The number of nitrogens with one attached hydrogen (secondary N) is 1. The Bertz CT molecular complexity index is 513. The third-order valence-electron chi connectivity index (χ3n) is 3.80. The minimum absolute atomic E-state index is 0.176. The lowest BCUT2D eigenvalue weighted by molar-refractivity contribution is 0.0590. The number of nitrogens with zero attached hydrogens (tertiary/aromatic N) is 2. The van der Waals surface area contributed by atoms with Crippen LogP contribution in [-0.2, 0) is 28.9 Å². The summed E-state index contributed by atoms with van der Waals surface area (Å²) in [6.07, 6.45) is 3.72. The zero-order valence-corrected chi connectivity index (χ0v) is 11.6. The van der Waals surface area contributed by atoms with Gasteiger partial charge in [-0.1, -0.05) is 0 Å². The summed E-state index contributed by atoms with van der Waals surface area (Å²) in [6.45, 7) is 2.33. The lowest BCUT2D eigenvalue weighted by Gasteiger charge is -2.19. The predicted molar refractivity (Wildman–Crippen MR) is 71.5 cm³/mol. The maximum atomic E-state index is 11.9. The van der Waals surface area contributed by atoms with E-state index in [-0.39, 0.29) is 12.1 Å². The van der Waals surface area contributed by atoms with E-state index in [1.54, 1.807) is 0 Å². The quantitative estimate of drug-likeness (QED) is 0.817. The van der Waals surface area contributed by atoms with Crippen LogP contribution in [0.15, 0.2) is 0 Å². The summed E-state index contributed by atoms with van der Waals surface area (Å²) < 4.78 is 10.5. The van der Waals surface area contributed by atoms with Gasteiger partial charge in [0.05, 0.1) is 18.9 Å². The van der Waals surface area contributed by atoms with E-state index in [0.29, 0.717) is 24.5 Å². The highest BCUT2D eigenvalue weighted by molar-refractivity contribution is 5.89. The standard InChI is InChI=1S/C14H19N3O3/c1-19-14(18)13-10-4-5-15-8-11(10)16-12(17-13)7-9-3-2-6-20-9/h9,15H,2-8H2,1H3. The van der Waals surface area contributed by atoms with Crippen LogP contribution in [0.1, 0.15) is 40.4 Å². The third kappa shape index (κ3) is 2.66. The van der Waals surface area contributed by atoms with Crippen LogP contribution in [0, 0.1) is 0 Å². The van der Waals surface area contributed by atoms with Crippen molar-refractivity contribution in [1.82, 2.24) is 15.3 Å². The van der Waals surface area contributed by atoms with Gasteiger partial charge in [0.15, 0.2) is 5.69 Å². The second-order valence-electron chi connectivity index (χ2n) is 5.17. The molecule has 1 saturated heterocycles. The van der Waals surface area contributed by atoms with Crippen LogP contribution in [-0.4, -0.2) is 42.3 Å². The van der Waals surface area contributed by atoms with E-state index in [0.717, 1.165) is 43.7 Å². The molecule has 1 unspecified atom stereocenters. The van der Waals surface area contributed by atoms with Gasteiger partial charge in [-0.2, -0.15) is 0 Å². The molecule has 6 nitrogen and oxygen atoms in total. The van der Waals surface area contributed by atoms with Gasteiger partial charge in [-0.25, -0.2) is 14.8 Å². The number of hydrogen-bond donors (Lipinski definition) is 1. The molecule has 1 aromatic rings. The van der Waals surface area contributed by atoms with Crippen molar-refractivity contribution in [3.8, 4) is 0 Å². The van der Waals surface area contributed by atoms with Gasteiger partial charge in [0.25, 0.3) is 0 Å². The molecule has 2 aliphatic heterocycles. The van der Waals surface area contributed by atoms with Crippen LogP contribution in [0.25, 0.3) is 0 Å². The Labute approximate surface area is 117 Å². The SMILES string of the molecule is COC(=O)c1nc(CC2CCCO2)nc2c1CCNC2. The van der Waals surface area contributed by atoms with E-state index >= 15 is 0 Å². The van der Waals surface area contributed by atoms with Crippen LogP contribution in [0.5, 0.6) is 0 Å². The first kappa shape index (κ1) is 13.5. The van der Waals surface area contributed by atoms with E-state index < -0.39 is 0 Å². The van der Waals surface area contributed by atoms with Crippen LogP contribution in [0.3, 0.4) is 0 Å². The Morgan fingerprint density at radius 2 is 2.40 bits per heavy atom. The first-order valence-corrected chi connectivity index (χ1v) is 7.07. The highest BCUT2D eigenvalue weighted by atomic mass is 16.5. The van der Waals surface area contributed by atoms with Crippen molar-refractivity contribution in [1.29, 1.82) is 0 Å². The molecule has 0 amide bonds. The van der Waals surface area contributed by atoms with Crippen molar-refractivity contribution in [2.24, 2.45) is 0 Å². The summed E-state index contributed by atoms with van der Waals surface area (Å²) >= 11 is 0. The molecule has 3 heterocycles. The first-order chi connectivity index (χ1) is 9.78. The molecule has 0 aliphatic carbocycles. The molecule has 0 spiro atoms. The van der Waals surface area contributed by atoms with Gasteiger partial charge in [0.2, 0.25) is 0 Å². The average Bonchev–Trinajstić information content (AvgIpc) is 2.98. The molecular formula is C14H19N3O3. The summed E-state index contributed by atoms with van der Waals surface area (Å²) in [5.74, 6) is 0.305. The minimum atomic E-state index is -0.376. The fraction of sp³-hybridized carbons (Fsp3) is 0.643. The summed E-state index contributed by atoms with van der Waals surface area (Å²) in [7, 11) is 1.39. The predicted octanol–water partition coefficient (Wildman–Crippen LogP) is 0.630. The van der Waals surface area contributed by atoms with Crippen molar-refractivity contribution in [3.63, 3.8) is 0 Å². The molecule has 1 atom stereocenters. The number of hydrogen-bond acceptors (Lipinski definition) is 6. The maximum Gasteiger partial charge on any atom is 0.357 e. The number of esters is 1. The minimum Gasteiger partial charge on any atom is -0.464 e. The monoisotopic (exact) mass is 277 g/mol. The lowest BCUT2D eigenvalue weighted by Crippen LogP contribution is -2.29. The Morgan fingerprint density at radius 3 is 3.15 bits per heavy atom. The summed E-state index contributed by atoms with van der Waals surface area (Å²) in [6, 6.07) is 0. The molecule has 1 aromatic heterocycles. The molecule has 0 aromatic carbocycles. The van der Waals surface area contributed by atoms with E-state index in [2.05, 4.69) is 15.3 Å². The molecule has 6 heteroatoms. The van der Waals surface area contributed by atoms with Gasteiger partial charge in [0, 0.05) is 25.1 Å². The molecule has 0 bridgehead atoms. The van der Waals surface area contributed by atoms with Gasteiger partial charge in [0.1, 0.15) is 5.82 Å². The largest absolute Gasteiger partial charge is 0.464 e. The highest BCUT2D eigenvalue weighted by Crippen LogP contribution is 2.20. The Kier molecular flexibility index (Phi) is 3.93. The normalized spacial score (nSPS) is 21.6. The highest BCUT2D eigenvalue weighted by Gasteiger charge is 2.24. The molecule has 0 radical (unpaired) electrons. The number of carbonyl (C=O) groups is 1. The van der Waals surface area contributed by atoms with Crippen molar-refractivity contribution in [3.05, 3.63) is 22.8 Å². The van der Waals surface area contributed by atoms with E-state index in [1.165, 1.54) is 7.11 Å². The van der Waals surface area contributed by atoms with Crippen molar-refractivity contribution < 1.29 is 14.3 Å². The molecule has 3 rings (SSSR count). The number of methoxy groups -OCH3 is 1. The van der Waals surface area contributed by atoms with Gasteiger partial charge < -0.3 is 14.8 Å². The van der Waals surface area contributed by atoms with Gasteiger partial charge in [-0.05, 0) is 25.8 Å². The van der Waals surface area contributed by atoms with E-state index in [1.807, 2.05) is 0 Å². The van der Waals surface area contributed by atoms with E-state index in [4.69, 9.17) is 9.47 Å². The number of carbonyl (C=O) groups excluding carboxylic acids is 1. The topological polar surface area (TPSA) is 73.3 Å². The Balaban J connectivity index is 1.92. The van der Waals surface area contributed by atoms with E-state index in [9.17, 15) is 4.79 Å². The van der Waals surface area contributed by atoms with Gasteiger partial charge in [-0.15, -0.1) is 0 Å². The first-order valence-electron chi connectivity index (χ1n) is 7.07. The van der Waals surface area contributed by atoms with Gasteiger partial charge >= 0.3 is 5.97 Å². The van der Waals surface area contributed by atoms with Crippen molar-refractivity contribution in [2.45, 2.75) is 38.3 Å². The zero-order chi connectivity index (χ0) is 13.9. The van der Waals surface area contributed by atoms with Gasteiger partial charge in [-0.3, -0.25) is 0 Å². The summed E-state index contributed by atoms with van der Waals surface area (Å²) in [4.78, 5) is 20.9. The lowest BCUT2D eigenvalue weighted by atomic mass is 10.0. The van der Waals surface area contributed by atoms with Crippen LogP contribution in [0.2, 0.25) is 0 Å². The molecule has 20 heavy (non-hydrogen) atoms. The van der Waals surface area contributed by atoms with Crippen LogP contribution < -0.4 is 5.32 Å². The second kappa shape index (κ2) is 5.85. The zero-order valence-electron chi connectivity index (χ0n) is 11.6. The Morgan fingerprint density at radius 1 is 1.50 bits per heavy atom. The average molecular weight is 277 g/mol. The van der Waals surface area contributed by atoms with Crippen LogP contribution >= 0.6 is 0 Å². The third-order valence-corrected chi connectivity index (χ3v) is 3.80. The number of fused-ring (bicyclic) bond motifs is 1. The van der Waals surface area contributed by atoms with Crippen molar-refractivity contribution >= 4 is 5.97 Å². The maximum absolute atomic E-state index is 11.9. The number of aromatic nitrogens is 2. The molecule has 2 aliphatic rings. The van der Waals surface area contributed by atoms with Crippen molar-refractivity contribution in [2.75, 3.05) is 20.3 Å². The fourth-order valence-electron chi connectivity index (χ4n) is 2.78. The number of rotatable bonds is 3. The second-order valence-corrected chi connectivity index (χ2v) is 5.17. The smallest absolute Gasteiger partial charge is 0.357 e.